The highest BCUT2D eigenvalue weighted by molar-refractivity contribution is 5.73. The number of methoxy groups -OCH3 is 8. The molecule has 8 heteroatoms. The van der Waals surface area contributed by atoms with E-state index < -0.39 is 0 Å². The Balaban J connectivity index is 1.70. The summed E-state index contributed by atoms with van der Waals surface area (Å²) >= 11 is 0. The van der Waals surface area contributed by atoms with Gasteiger partial charge in [0.2, 0.25) is 11.5 Å². The van der Waals surface area contributed by atoms with Gasteiger partial charge in [0, 0.05) is 0 Å². The first-order valence-electron chi connectivity index (χ1n) is 14.3. The van der Waals surface area contributed by atoms with E-state index in [2.05, 4.69) is 24.3 Å². The second-order valence-corrected chi connectivity index (χ2v) is 10.1. The van der Waals surface area contributed by atoms with Crippen molar-refractivity contribution in [3.8, 4) is 57.1 Å². The van der Waals surface area contributed by atoms with Gasteiger partial charge < -0.3 is 37.9 Å². The van der Waals surface area contributed by atoms with E-state index in [1.807, 2.05) is 36.4 Å². The van der Waals surface area contributed by atoms with Gasteiger partial charge in [0.05, 0.1) is 56.9 Å². The molecule has 0 atom stereocenters. The fraction of sp³-hybridized carbons (Fsp3) is 0.333. The van der Waals surface area contributed by atoms with Crippen molar-refractivity contribution < 1.29 is 37.9 Å². The highest BCUT2D eigenvalue weighted by Crippen LogP contribution is 2.41. The lowest BCUT2D eigenvalue weighted by Gasteiger charge is -2.18. The molecular weight excluding hydrogens is 560 g/mol. The first kappa shape index (κ1) is 32.2. The minimum absolute atomic E-state index is 0.579. The molecule has 4 aromatic carbocycles. The Bertz CT molecular complexity index is 1400. The fourth-order valence-electron chi connectivity index (χ4n) is 5.45. The minimum Gasteiger partial charge on any atom is -0.497 e. The molecule has 0 N–H and O–H groups in total. The number of aryl methyl sites for hydroxylation is 4. The van der Waals surface area contributed by atoms with Gasteiger partial charge in [-0.25, -0.2) is 0 Å². The predicted molar refractivity (Wildman–Crippen MR) is 172 cm³/mol. The van der Waals surface area contributed by atoms with Crippen molar-refractivity contribution in [1.29, 1.82) is 0 Å². The lowest BCUT2D eigenvalue weighted by molar-refractivity contribution is 0.324. The molecule has 4 rings (SSSR count). The summed E-state index contributed by atoms with van der Waals surface area (Å²) in [6.45, 7) is 0. The van der Waals surface area contributed by atoms with Crippen molar-refractivity contribution in [3.63, 3.8) is 0 Å². The Kier molecular flexibility index (Phi) is 11.1. The first-order chi connectivity index (χ1) is 21.4. The molecular formula is C36H42O8. The quantitative estimate of drug-likeness (QED) is 0.144. The number of rotatable bonds is 15. The predicted octanol–water partition coefficient (Wildman–Crippen LogP) is 6.99. The summed E-state index contributed by atoms with van der Waals surface area (Å²) < 4.78 is 44.6. The van der Waals surface area contributed by atoms with Crippen LogP contribution in [0.25, 0.3) is 11.1 Å². The molecule has 0 fully saturated rings. The summed E-state index contributed by atoms with van der Waals surface area (Å²) in [5.41, 5.74) is 6.76. The second-order valence-electron chi connectivity index (χ2n) is 10.1. The Morgan fingerprint density at radius 3 is 0.977 bits per heavy atom. The minimum atomic E-state index is 0.579. The topological polar surface area (TPSA) is 73.8 Å². The van der Waals surface area contributed by atoms with Crippen LogP contribution in [0, 0.1) is 0 Å². The maximum Gasteiger partial charge on any atom is 0.203 e. The van der Waals surface area contributed by atoms with Gasteiger partial charge in [0.1, 0.15) is 11.5 Å². The van der Waals surface area contributed by atoms with Crippen LogP contribution in [0.4, 0.5) is 0 Å². The van der Waals surface area contributed by atoms with Crippen LogP contribution in [0.2, 0.25) is 0 Å². The molecule has 234 valence electrons. The summed E-state index contributed by atoms with van der Waals surface area (Å²) in [5.74, 6) is 5.32. The lowest BCUT2D eigenvalue weighted by Crippen LogP contribution is -2.02. The van der Waals surface area contributed by atoms with Gasteiger partial charge in [0.15, 0.2) is 23.0 Å². The Morgan fingerprint density at radius 2 is 0.705 bits per heavy atom. The van der Waals surface area contributed by atoms with Gasteiger partial charge in [-0.05, 0) is 108 Å². The van der Waals surface area contributed by atoms with Crippen molar-refractivity contribution in [2.24, 2.45) is 0 Å². The standard InChI is InChI=1S/C36H42O8/c1-37-27-13-15-29(25(21-27)11-9-23-17-31(39-3)35(43-7)32(18-23)40-4)30-16-14-28(38-2)22-26(30)12-10-24-19-33(41-5)36(44-8)34(20-24)42-6/h13-22H,9-12H2,1-8H3. The van der Waals surface area contributed by atoms with Crippen LogP contribution >= 0.6 is 0 Å². The average Bonchev–Trinajstić information content (AvgIpc) is 3.08. The Morgan fingerprint density at radius 1 is 0.364 bits per heavy atom. The third kappa shape index (κ3) is 7.08. The van der Waals surface area contributed by atoms with Crippen molar-refractivity contribution in [3.05, 3.63) is 82.9 Å². The van der Waals surface area contributed by atoms with Crippen molar-refractivity contribution >= 4 is 0 Å². The van der Waals surface area contributed by atoms with E-state index >= 15 is 0 Å². The molecule has 0 aromatic heterocycles. The van der Waals surface area contributed by atoms with Crippen molar-refractivity contribution in [2.45, 2.75) is 25.7 Å². The molecule has 0 aliphatic carbocycles. The summed E-state index contributed by atoms with van der Waals surface area (Å²) in [5, 5.41) is 0. The maximum absolute atomic E-state index is 5.63. The lowest BCUT2D eigenvalue weighted by atomic mass is 9.89. The van der Waals surface area contributed by atoms with Crippen LogP contribution in [-0.4, -0.2) is 56.9 Å². The largest absolute Gasteiger partial charge is 0.497 e. The monoisotopic (exact) mass is 602 g/mol. The van der Waals surface area contributed by atoms with E-state index in [1.165, 1.54) is 0 Å². The van der Waals surface area contributed by atoms with E-state index in [9.17, 15) is 0 Å². The third-order valence-electron chi connectivity index (χ3n) is 7.73. The zero-order valence-electron chi connectivity index (χ0n) is 26.9. The van der Waals surface area contributed by atoms with Gasteiger partial charge >= 0.3 is 0 Å². The van der Waals surface area contributed by atoms with E-state index in [0.29, 0.717) is 34.5 Å². The number of hydrogen-bond donors (Lipinski definition) is 0. The average molecular weight is 603 g/mol. The number of hydrogen-bond acceptors (Lipinski definition) is 8. The smallest absolute Gasteiger partial charge is 0.203 e. The highest BCUT2D eigenvalue weighted by atomic mass is 16.5. The van der Waals surface area contributed by atoms with Crippen LogP contribution < -0.4 is 37.9 Å². The summed E-state index contributed by atoms with van der Waals surface area (Å²) in [4.78, 5) is 0. The Hall–Kier alpha value is -4.72. The van der Waals surface area contributed by atoms with Crippen LogP contribution in [0.5, 0.6) is 46.0 Å². The molecule has 0 amide bonds. The number of benzene rings is 4. The molecule has 0 spiro atoms. The molecule has 0 aliphatic heterocycles. The van der Waals surface area contributed by atoms with E-state index in [1.54, 1.807) is 56.9 Å². The zero-order valence-corrected chi connectivity index (χ0v) is 26.9. The van der Waals surface area contributed by atoms with Gasteiger partial charge in [-0.2, -0.15) is 0 Å². The third-order valence-corrected chi connectivity index (χ3v) is 7.73. The molecule has 8 nitrogen and oxygen atoms in total. The van der Waals surface area contributed by atoms with E-state index in [4.69, 9.17) is 37.9 Å². The van der Waals surface area contributed by atoms with Crippen molar-refractivity contribution in [2.75, 3.05) is 56.9 Å². The van der Waals surface area contributed by atoms with Gasteiger partial charge in [-0.15, -0.1) is 0 Å². The molecule has 0 saturated carbocycles. The van der Waals surface area contributed by atoms with Crippen molar-refractivity contribution in [1.82, 2.24) is 0 Å². The number of ether oxygens (including phenoxy) is 8. The Labute approximate surface area is 260 Å². The van der Waals surface area contributed by atoms with Gasteiger partial charge in [0.25, 0.3) is 0 Å². The van der Waals surface area contributed by atoms with Gasteiger partial charge in [-0.1, -0.05) is 12.1 Å². The molecule has 0 heterocycles. The molecule has 44 heavy (non-hydrogen) atoms. The zero-order chi connectivity index (χ0) is 31.6. The van der Waals surface area contributed by atoms with Crippen LogP contribution in [-0.2, 0) is 25.7 Å². The van der Waals surface area contributed by atoms with Crippen LogP contribution in [0.1, 0.15) is 22.3 Å². The molecule has 4 aromatic rings. The fourth-order valence-corrected chi connectivity index (χ4v) is 5.45. The maximum atomic E-state index is 5.63. The van der Waals surface area contributed by atoms with Crippen LogP contribution in [0.15, 0.2) is 60.7 Å². The van der Waals surface area contributed by atoms with Crippen LogP contribution in [0.3, 0.4) is 0 Å². The highest BCUT2D eigenvalue weighted by Gasteiger charge is 2.17. The molecule has 0 aliphatic rings. The molecule has 0 radical (unpaired) electrons. The normalized spacial score (nSPS) is 10.6. The summed E-state index contributed by atoms with van der Waals surface area (Å²) in [6.07, 6.45) is 3.05. The van der Waals surface area contributed by atoms with E-state index in [0.717, 1.165) is 70.6 Å². The molecule has 0 saturated heterocycles. The molecule has 0 bridgehead atoms. The molecule has 0 unspecified atom stereocenters. The van der Waals surface area contributed by atoms with E-state index in [-0.39, 0.29) is 0 Å². The second kappa shape index (κ2) is 15.1. The van der Waals surface area contributed by atoms with Gasteiger partial charge in [-0.3, -0.25) is 0 Å². The SMILES string of the molecule is COc1ccc(-c2ccc(OC)cc2CCc2cc(OC)c(OC)c(OC)c2)c(CCc2cc(OC)c(OC)c(OC)c2)c1. The summed E-state index contributed by atoms with van der Waals surface area (Å²) in [6, 6.07) is 20.5. The first-order valence-corrected chi connectivity index (χ1v) is 14.3. The summed E-state index contributed by atoms with van der Waals surface area (Å²) in [7, 11) is 13.1.